The lowest BCUT2D eigenvalue weighted by atomic mass is 9.70. The van der Waals surface area contributed by atoms with Crippen molar-refractivity contribution in [3.8, 4) is 5.75 Å². The number of rotatable bonds is 9. The van der Waals surface area contributed by atoms with Crippen LogP contribution in [0.3, 0.4) is 0 Å². The molecule has 1 aromatic rings. The van der Waals surface area contributed by atoms with Gasteiger partial charge in [-0.2, -0.15) is 0 Å². The first-order valence-electron chi connectivity index (χ1n) is 10.2. The highest BCUT2D eigenvalue weighted by Crippen LogP contribution is 2.38. The molecule has 4 atom stereocenters. The Hall–Kier alpha value is -1.59. The number of nitrogens with one attached hydrogen (secondary N) is 1. The number of benzene rings is 1. The quantitative estimate of drug-likeness (QED) is 0.618. The van der Waals surface area contributed by atoms with Crippen LogP contribution in [0.1, 0.15) is 45.6 Å². The van der Waals surface area contributed by atoms with Crippen molar-refractivity contribution < 1.29 is 19.7 Å². The summed E-state index contributed by atoms with van der Waals surface area (Å²) in [7, 11) is 0. The van der Waals surface area contributed by atoms with Gasteiger partial charge < -0.3 is 20.3 Å². The Balaban J connectivity index is 1.83. The average Bonchev–Trinajstić information content (AvgIpc) is 2.66. The summed E-state index contributed by atoms with van der Waals surface area (Å²) in [5.74, 6) is 2.63. The van der Waals surface area contributed by atoms with Crippen LogP contribution in [0.5, 0.6) is 5.75 Å². The summed E-state index contributed by atoms with van der Waals surface area (Å²) in [6.07, 6.45) is 3.23. The summed E-state index contributed by atoms with van der Waals surface area (Å²) in [5.41, 5.74) is 1.07. The van der Waals surface area contributed by atoms with E-state index in [1.165, 1.54) is 6.42 Å². The average molecular weight is 378 g/mol. The van der Waals surface area contributed by atoms with Gasteiger partial charge >= 0.3 is 0 Å². The van der Waals surface area contributed by atoms with E-state index >= 15 is 0 Å². The third-order valence-corrected chi connectivity index (χ3v) is 5.62. The molecule has 0 spiro atoms. The maximum Gasteiger partial charge on any atom is 0.223 e. The molecule has 0 bridgehead atoms. The first kappa shape index (κ1) is 21.7. The van der Waals surface area contributed by atoms with Gasteiger partial charge in [0.2, 0.25) is 5.91 Å². The van der Waals surface area contributed by atoms with Crippen molar-refractivity contribution in [3.05, 3.63) is 29.8 Å². The SMILES string of the molecule is CC(C)[C@@H]1CC[C@@H](C)C[C@H]1C(=O)NCCc1cccc(OCC(O)CO)c1. The zero-order valence-corrected chi connectivity index (χ0v) is 16.9. The zero-order chi connectivity index (χ0) is 19.8. The van der Waals surface area contributed by atoms with E-state index in [1.54, 1.807) is 0 Å². The Labute approximate surface area is 163 Å². The van der Waals surface area contributed by atoms with Crippen molar-refractivity contribution in [1.82, 2.24) is 5.32 Å². The van der Waals surface area contributed by atoms with E-state index in [9.17, 15) is 9.90 Å². The molecule has 27 heavy (non-hydrogen) atoms. The van der Waals surface area contributed by atoms with E-state index < -0.39 is 6.10 Å². The van der Waals surface area contributed by atoms with Crippen LogP contribution < -0.4 is 10.1 Å². The van der Waals surface area contributed by atoms with E-state index in [1.807, 2.05) is 24.3 Å². The standard InChI is InChI=1S/C22H35NO4/c1-15(2)20-8-7-16(3)11-21(20)22(26)23-10-9-17-5-4-6-19(12-17)27-14-18(25)13-24/h4-6,12,15-16,18,20-21,24-25H,7-11,13-14H2,1-3H3,(H,23,26)/t16-,18?,20+,21-/m1/s1. The van der Waals surface area contributed by atoms with Crippen LogP contribution in [-0.4, -0.2) is 42.0 Å². The van der Waals surface area contributed by atoms with Gasteiger partial charge in [-0.25, -0.2) is 0 Å². The highest BCUT2D eigenvalue weighted by atomic mass is 16.5. The smallest absolute Gasteiger partial charge is 0.223 e. The van der Waals surface area contributed by atoms with Crippen molar-refractivity contribution in [2.75, 3.05) is 19.8 Å². The Morgan fingerprint density at radius 2 is 2.11 bits per heavy atom. The number of aliphatic hydroxyl groups is 2. The van der Waals surface area contributed by atoms with Crippen molar-refractivity contribution >= 4 is 5.91 Å². The molecule has 1 aliphatic rings. The number of hydrogen-bond donors (Lipinski definition) is 3. The number of amides is 1. The molecule has 5 heteroatoms. The molecule has 2 rings (SSSR count). The molecule has 0 saturated heterocycles. The predicted molar refractivity (Wildman–Crippen MR) is 107 cm³/mol. The number of carbonyl (C=O) groups is 1. The number of hydrogen-bond acceptors (Lipinski definition) is 4. The topological polar surface area (TPSA) is 78.8 Å². The molecule has 1 unspecified atom stereocenters. The van der Waals surface area contributed by atoms with Crippen molar-refractivity contribution in [2.45, 2.75) is 52.6 Å². The van der Waals surface area contributed by atoms with Crippen LogP contribution in [0.4, 0.5) is 0 Å². The molecule has 1 fully saturated rings. The minimum Gasteiger partial charge on any atom is -0.491 e. The third kappa shape index (κ3) is 6.82. The fourth-order valence-electron chi connectivity index (χ4n) is 4.00. The molecule has 1 aromatic carbocycles. The number of aliphatic hydroxyl groups excluding tert-OH is 2. The molecular weight excluding hydrogens is 342 g/mol. The Morgan fingerprint density at radius 1 is 1.33 bits per heavy atom. The minimum absolute atomic E-state index is 0.0626. The molecule has 5 nitrogen and oxygen atoms in total. The van der Waals surface area contributed by atoms with Gasteiger partial charge in [0.1, 0.15) is 18.5 Å². The molecule has 0 aliphatic heterocycles. The number of carbonyl (C=O) groups excluding carboxylic acids is 1. The lowest BCUT2D eigenvalue weighted by Crippen LogP contribution is -2.40. The van der Waals surface area contributed by atoms with Crippen LogP contribution in [0.15, 0.2) is 24.3 Å². The monoisotopic (exact) mass is 377 g/mol. The molecule has 152 valence electrons. The minimum atomic E-state index is -0.875. The Kier molecular flexibility index (Phi) is 8.58. The summed E-state index contributed by atoms with van der Waals surface area (Å²) < 4.78 is 5.48. The lowest BCUT2D eigenvalue weighted by Gasteiger charge is -2.36. The summed E-state index contributed by atoms with van der Waals surface area (Å²) in [6, 6.07) is 7.63. The van der Waals surface area contributed by atoms with Crippen LogP contribution in [-0.2, 0) is 11.2 Å². The molecule has 0 aromatic heterocycles. The van der Waals surface area contributed by atoms with Crippen LogP contribution in [0.25, 0.3) is 0 Å². The third-order valence-electron chi connectivity index (χ3n) is 5.62. The van der Waals surface area contributed by atoms with Crippen molar-refractivity contribution in [1.29, 1.82) is 0 Å². The highest BCUT2D eigenvalue weighted by molar-refractivity contribution is 5.79. The molecule has 0 radical (unpaired) electrons. The molecule has 1 aliphatic carbocycles. The van der Waals surface area contributed by atoms with Gasteiger partial charge in [-0.05, 0) is 54.7 Å². The van der Waals surface area contributed by atoms with Gasteiger partial charge in [-0.3, -0.25) is 4.79 Å². The molecule has 3 N–H and O–H groups in total. The second kappa shape index (κ2) is 10.7. The first-order chi connectivity index (χ1) is 12.9. The normalized spacial score (nSPS) is 23.9. The van der Waals surface area contributed by atoms with Gasteiger partial charge in [-0.15, -0.1) is 0 Å². The second-order valence-electron chi connectivity index (χ2n) is 8.27. The number of ether oxygens (including phenoxy) is 1. The van der Waals surface area contributed by atoms with Gasteiger partial charge in [0.25, 0.3) is 0 Å². The van der Waals surface area contributed by atoms with Crippen molar-refractivity contribution in [3.63, 3.8) is 0 Å². The van der Waals surface area contributed by atoms with E-state index in [0.717, 1.165) is 24.8 Å². The first-order valence-corrected chi connectivity index (χ1v) is 10.2. The maximum atomic E-state index is 12.7. The van der Waals surface area contributed by atoms with E-state index in [2.05, 4.69) is 26.1 Å². The van der Waals surface area contributed by atoms with Gasteiger partial charge in [0.15, 0.2) is 0 Å². The van der Waals surface area contributed by atoms with E-state index in [-0.39, 0.29) is 25.0 Å². The summed E-state index contributed by atoms with van der Waals surface area (Å²) in [5, 5.41) is 21.3. The van der Waals surface area contributed by atoms with Crippen LogP contribution in [0, 0.1) is 23.7 Å². The molecular formula is C22H35NO4. The summed E-state index contributed by atoms with van der Waals surface area (Å²) >= 11 is 0. The van der Waals surface area contributed by atoms with E-state index in [0.29, 0.717) is 30.0 Å². The lowest BCUT2D eigenvalue weighted by molar-refractivity contribution is -0.129. The molecule has 0 heterocycles. The Morgan fingerprint density at radius 3 is 2.81 bits per heavy atom. The van der Waals surface area contributed by atoms with Crippen LogP contribution in [0.2, 0.25) is 0 Å². The molecule has 1 amide bonds. The van der Waals surface area contributed by atoms with Gasteiger partial charge in [0.05, 0.1) is 6.61 Å². The highest BCUT2D eigenvalue weighted by Gasteiger charge is 2.35. The fourth-order valence-corrected chi connectivity index (χ4v) is 4.00. The fraction of sp³-hybridized carbons (Fsp3) is 0.682. The van der Waals surface area contributed by atoms with Crippen molar-refractivity contribution in [2.24, 2.45) is 23.7 Å². The predicted octanol–water partition coefficient (Wildman–Crippen LogP) is 2.79. The largest absolute Gasteiger partial charge is 0.491 e. The molecule has 1 saturated carbocycles. The van der Waals surface area contributed by atoms with Gasteiger partial charge in [0, 0.05) is 12.5 Å². The summed E-state index contributed by atoms with van der Waals surface area (Å²) in [4.78, 5) is 12.7. The second-order valence-corrected chi connectivity index (χ2v) is 8.27. The summed E-state index contributed by atoms with van der Waals surface area (Å²) in [6.45, 7) is 7.05. The van der Waals surface area contributed by atoms with Gasteiger partial charge in [-0.1, -0.05) is 39.3 Å². The Bertz CT molecular complexity index is 589. The van der Waals surface area contributed by atoms with Crippen LogP contribution >= 0.6 is 0 Å². The zero-order valence-electron chi connectivity index (χ0n) is 16.9. The maximum absolute atomic E-state index is 12.7. The van der Waals surface area contributed by atoms with E-state index in [4.69, 9.17) is 9.84 Å².